The number of hydrogen-bond donors (Lipinski definition) is 1. The highest BCUT2D eigenvalue weighted by Crippen LogP contribution is 2.24. The van der Waals surface area contributed by atoms with Gasteiger partial charge in [0.05, 0.1) is 5.69 Å². The number of benzene rings is 2. The normalized spacial score (nSPS) is 10.7. The van der Waals surface area contributed by atoms with Crippen molar-refractivity contribution in [2.75, 3.05) is 6.54 Å². The first kappa shape index (κ1) is 17.6. The molecule has 0 saturated carbocycles. The lowest BCUT2D eigenvalue weighted by Crippen LogP contribution is -2.25. The molecule has 0 atom stereocenters. The van der Waals surface area contributed by atoms with Gasteiger partial charge in [-0.15, -0.1) is 5.10 Å². The average molecular weight is 420 g/mol. The molecule has 0 saturated heterocycles. The van der Waals surface area contributed by atoms with Crippen LogP contribution in [0.1, 0.15) is 24.0 Å². The van der Waals surface area contributed by atoms with Gasteiger partial charge in [0.15, 0.2) is 5.82 Å². The van der Waals surface area contributed by atoms with Crippen LogP contribution >= 0.6 is 27.5 Å². The Morgan fingerprint density at radius 1 is 1.24 bits per heavy atom. The fourth-order valence-electron chi connectivity index (χ4n) is 2.30. The maximum absolute atomic E-state index is 12.3. The third-order valence-electron chi connectivity index (χ3n) is 3.50. The predicted molar refractivity (Wildman–Crippen MR) is 102 cm³/mol. The van der Waals surface area contributed by atoms with Gasteiger partial charge >= 0.3 is 0 Å². The Balaban J connectivity index is 2.09. The molecule has 0 aliphatic carbocycles. The number of nitrogens with one attached hydrogen (secondary N) is 1. The summed E-state index contributed by atoms with van der Waals surface area (Å²) in [4.78, 5) is 16.7. The van der Waals surface area contributed by atoms with Gasteiger partial charge in [-0.3, -0.25) is 4.79 Å². The SMILES string of the molecule is CCCNC(=O)c1nc(-c2cccc(Cl)c2)n(-c2ccc(Br)cc2)n1. The van der Waals surface area contributed by atoms with Crippen LogP contribution in [0.4, 0.5) is 0 Å². The van der Waals surface area contributed by atoms with Crippen molar-refractivity contribution in [3.8, 4) is 17.1 Å². The van der Waals surface area contributed by atoms with Crippen LogP contribution in [-0.4, -0.2) is 27.2 Å². The molecule has 5 nitrogen and oxygen atoms in total. The first-order valence-electron chi connectivity index (χ1n) is 7.85. The second-order valence-electron chi connectivity index (χ2n) is 5.41. The van der Waals surface area contributed by atoms with Gasteiger partial charge in [-0.25, -0.2) is 9.67 Å². The molecule has 0 aliphatic rings. The van der Waals surface area contributed by atoms with E-state index < -0.39 is 0 Å². The number of rotatable bonds is 5. The van der Waals surface area contributed by atoms with Crippen LogP contribution < -0.4 is 5.32 Å². The third-order valence-corrected chi connectivity index (χ3v) is 4.26. The molecule has 128 valence electrons. The van der Waals surface area contributed by atoms with Crippen molar-refractivity contribution in [3.63, 3.8) is 0 Å². The van der Waals surface area contributed by atoms with E-state index in [1.54, 1.807) is 16.8 Å². The standard InChI is InChI=1S/C18H16BrClN4O/c1-2-10-21-18(25)16-22-17(12-4-3-5-14(20)11-12)24(23-16)15-8-6-13(19)7-9-15/h3-9,11H,2,10H2,1H3,(H,21,25). The van der Waals surface area contributed by atoms with Gasteiger partial charge in [-0.1, -0.05) is 46.6 Å². The van der Waals surface area contributed by atoms with Crippen molar-refractivity contribution in [2.45, 2.75) is 13.3 Å². The van der Waals surface area contributed by atoms with Crippen LogP contribution in [0.3, 0.4) is 0 Å². The largest absolute Gasteiger partial charge is 0.349 e. The molecule has 0 fully saturated rings. The van der Waals surface area contributed by atoms with Crippen LogP contribution in [0.2, 0.25) is 5.02 Å². The summed E-state index contributed by atoms with van der Waals surface area (Å²) in [5.41, 5.74) is 1.60. The van der Waals surface area contributed by atoms with E-state index in [4.69, 9.17) is 11.6 Å². The molecule has 1 amide bonds. The number of halogens is 2. The molecule has 25 heavy (non-hydrogen) atoms. The Bertz CT molecular complexity index is 892. The molecule has 0 bridgehead atoms. The molecule has 1 aromatic heterocycles. The zero-order valence-electron chi connectivity index (χ0n) is 13.5. The van der Waals surface area contributed by atoms with Gasteiger partial charge in [0, 0.05) is 21.6 Å². The molecule has 2 aromatic carbocycles. The second-order valence-corrected chi connectivity index (χ2v) is 6.77. The smallest absolute Gasteiger partial charge is 0.290 e. The fraction of sp³-hybridized carbons (Fsp3) is 0.167. The number of carbonyl (C=O) groups excluding carboxylic acids is 1. The van der Waals surface area contributed by atoms with E-state index in [0.29, 0.717) is 17.4 Å². The Labute approximate surface area is 159 Å². The van der Waals surface area contributed by atoms with Crippen molar-refractivity contribution in [3.05, 3.63) is 63.9 Å². The van der Waals surface area contributed by atoms with E-state index in [1.807, 2.05) is 43.3 Å². The molecule has 0 spiro atoms. The number of carbonyl (C=O) groups is 1. The lowest BCUT2D eigenvalue weighted by molar-refractivity contribution is 0.0943. The first-order valence-corrected chi connectivity index (χ1v) is 9.02. The molecule has 0 aliphatic heterocycles. The van der Waals surface area contributed by atoms with E-state index in [9.17, 15) is 4.79 Å². The molecular weight excluding hydrogens is 404 g/mol. The van der Waals surface area contributed by atoms with Gasteiger partial charge < -0.3 is 5.32 Å². The maximum Gasteiger partial charge on any atom is 0.290 e. The first-order chi connectivity index (χ1) is 12.1. The Kier molecular flexibility index (Phi) is 5.50. The van der Waals surface area contributed by atoms with Crippen LogP contribution in [-0.2, 0) is 0 Å². The molecule has 1 N–H and O–H groups in total. The molecule has 3 aromatic rings. The van der Waals surface area contributed by atoms with Crippen LogP contribution in [0.15, 0.2) is 53.0 Å². The summed E-state index contributed by atoms with van der Waals surface area (Å²) in [6.45, 7) is 2.57. The van der Waals surface area contributed by atoms with Gasteiger partial charge in [0.25, 0.3) is 5.91 Å². The summed E-state index contributed by atoms with van der Waals surface area (Å²) in [7, 11) is 0. The monoisotopic (exact) mass is 418 g/mol. The lowest BCUT2D eigenvalue weighted by atomic mass is 10.2. The van der Waals surface area contributed by atoms with Gasteiger partial charge in [-0.2, -0.15) is 0 Å². The van der Waals surface area contributed by atoms with E-state index in [0.717, 1.165) is 22.1 Å². The number of aromatic nitrogens is 3. The molecule has 3 rings (SSSR count). The van der Waals surface area contributed by atoms with E-state index in [2.05, 4.69) is 31.3 Å². The van der Waals surface area contributed by atoms with Gasteiger partial charge in [0.2, 0.25) is 5.82 Å². The predicted octanol–water partition coefficient (Wildman–Crippen LogP) is 4.49. The molecule has 1 heterocycles. The number of nitrogens with zero attached hydrogens (tertiary/aromatic N) is 3. The van der Waals surface area contributed by atoms with E-state index in [-0.39, 0.29) is 11.7 Å². The summed E-state index contributed by atoms with van der Waals surface area (Å²) in [6, 6.07) is 15.0. The summed E-state index contributed by atoms with van der Waals surface area (Å²) in [6.07, 6.45) is 0.848. The summed E-state index contributed by atoms with van der Waals surface area (Å²) < 4.78 is 2.61. The maximum atomic E-state index is 12.3. The minimum atomic E-state index is -0.291. The van der Waals surface area contributed by atoms with Crippen molar-refractivity contribution >= 4 is 33.4 Å². The second kappa shape index (κ2) is 7.80. The van der Waals surface area contributed by atoms with E-state index >= 15 is 0 Å². The van der Waals surface area contributed by atoms with Gasteiger partial charge in [-0.05, 0) is 42.8 Å². The lowest BCUT2D eigenvalue weighted by Gasteiger charge is -2.06. The summed E-state index contributed by atoms with van der Waals surface area (Å²) in [5, 5.41) is 7.80. The highest BCUT2D eigenvalue weighted by molar-refractivity contribution is 9.10. The van der Waals surface area contributed by atoms with Crippen LogP contribution in [0.5, 0.6) is 0 Å². The topological polar surface area (TPSA) is 59.8 Å². The summed E-state index contributed by atoms with van der Waals surface area (Å²) in [5.74, 6) is 0.402. The number of amides is 1. The van der Waals surface area contributed by atoms with E-state index in [1.165, 1.54) is 0 Å². The quantitative estimate of drug-likeness (QED) is 0.663. The Morgan fingerprint density at radius 2 is 2.00 bits per heavy atom. The zero-order chi connectivity index (χ0) is 17.8. The minimum absolute atomic E-state index is 0.131. The highest BCUT2D eigenvalue weighted by Gasteiger charge is 2.18. The van der Waals surface area contributed by atoms with Crippen molar-refractivity contribution < 1.29 is 4.79 Å². The van der Waals surface area contributed by atoms with Crippen molar-refractivity contribution in [1.29, 1.82) is 0 Å². The fourth-order valence-corrected chi connectivity index (χ4v) is 2.76. The van der Waals surface area contributed by atoms with Crippen LogP contribution in [0.25, 0.3) is 17.1 Å². The van der Waals surface area contributed by atoms with Gasteiger partial charge in [0.1, 0.15) is 0 Å². The summed E-state index contributed by atoms with van der Waals surface area (Å²) >= 11 is 9.53. The average Bonchev–Trinajstić information content (AvgIpc) is 3.06. The van der Waals surface area contributed by atoms with Crippen LogP contribution in [0, 0.1) is 0 Å². The zero-order valence-corrected chi connectivity index (χ0v) is 15.9. The highest BCUT2D eigenvalue weighted by atomic mass is 79.9. The minimum Gasteiger partial charge on any atom is -0.349 e. The molecule has 0 unspecified atom stereocenters. The van der Waals surface area contributed by atoms with Crippen molar-refractivity contribution in [1.82, 2.24) is 20.1 Å². The third kappa shape index (κ3) is 4.08. The van der Waals surface area contributed by atoms with Crippen molar-refractivity contribution in [2.24, 2.45) is 0 Å². The molecular formula is C18H16BrClN4O. The Morgan fingerprint density at radius 3 is 2.68 bits per heavy atom. The Hall–Kier alpha value is -2.18. The molecule has 0 radical (unpaired) electrons. The molecule has 7 heteroatoms. The number of hydrogen-bond acceptors (Lipinski definition) is 3.